The van der Waals surface area contributed by atoms with E-state index in [0.717, 1.165) is 0 Å². The summed E-state index contributed by atoms with van der Waals surface area (Å²) in [5.41, 5.74) is 1.05. The molecule has 166 valence electrons. The summed E-state index contributed by atoms with van der Waals surface area (Å²) in [5, 5.41) is 22.0. The first kappa shape index (κ1) is 21.3. The molecule has 0 radical (unpaired) electrons. The summed E-state index contributed by atoms with van der Waals surface area (Å²) < 4.78 is 24.2. The number of amides is 1. The number of aromatic nitrogens is 2. The Kier molecular flexibility index (Phi) is 6.29. The fraction of sp³-hybridized carbons (Fsp3) is 0.273. The highest BCUT2D eigenvalue weighted by molar-refractivity contribution is 6.00. The number of carboxylic acids is 1. The number of carboxylic acid groups (broad SMARTS) is 1. The highest BCUT2D eigenvalue weighted by Crippen LogP contribution is 2.28. The smallest absolute Gasteiger partial charge is 0.320 e. The number of halogens is 1. The molecule has 0 spiro atoms. The zero-order valence-electron chi connectivity index (χ0n) is 17.0. The Morgan fingerprint density at radius 2 is 1.62 bits per heavy atom. The van der Waals surface area contributed by atoms with Gasteiger partial charge in [0.2, 0.25) is 0 Å². The highest BCUT2D eigenvalue weighted by Gasteiger charge is 2.26. The van der Waals surface area contributed by atoms with E-state index in [1.54, 1.807) is 24.3 Å². The number of hydrogen-bond donors (Lipinski definition) is 3. The van der Waals surface area contributed by atoms with Crippen molar-refractivity contribution in [3.8, 4) is 5.75 Å². The topological polar surface area (TPSA) is 127 Å². The molecule has 1 amide bonds. The third kappa shape index (κ3) is 5.39. The van der Waals surface area contributed by atoms with Gasteiger partial charge in [0.25, 0.3) is 0 Å². The number of nitrogens with zero attached hydrogens (tertiary/aromatic N) is 2. The first-order valence-corrected chi connectivity index (χ1v) is 10.1. The predicted molar refractivity (Wildman–Crippen MR) is 112 cm³/mol. The number of nitrogens with one attached hydrogen (secondary N) is 2. The van der Waals surface area contributed by atoms with E-state index in [2.05, 4.69) is 20.8 Å². The Labute approximate surface area is 182 Å². The summed E-state index contributed by atoms with van der Waals surface area (Å²) in [6, 6.07) is 12.4. The first-order valence-electron chi connectivity index (χ1n) is 10.1. The number of carbonyl (C=O) groups excluding carboxylic acids is 1. The van der Waals surface area contributed by atoms with Crippen LogP contribution in [-0.4, -0.2) is 33.3 Å². The van der Waals surface area contributed by atoms with Crippen LogP contribution < -0.4 is 15.4 Å². The number of carbonyl (C=O) groups is 2. The number of anilines is 3. The fourth-order valence-corrected chi connectivity index (χ4v) is 3.44. The standard InChI is InChI=1S/C22H21FN4O5/c23-14-3-5-16(6-4-14)25-22-27-26-20(32-22)19(28)24-15-7-11-18(12-8-15)31-17-9-1-13(2-10-17)21(29)30/h3-8,11-13,17H,1-2,9-10H2,(H,24,28)(H,25,27)(H,29,30)/t13-,17-. The second-order valence-corrected chi connectivity index (χ2v) is 7.45. The van der Waals surface area contributed by atoms with Gasteiger partial charge in [-0.1, -0.05) is 5.10 Å². The maximum absolute atomic E-state index is 13.0. The normalized spacial score (nSPS) is 18.0. The molecular weight excluding hydrogens is 419 g/mol. The summed E-state index contributed by atoms with van der Waals surface area (Å²) in [6.07, 6.45) is 2.59. The van der Waals surface area contributed by atoms with Gasteiger partial charge < -0.3 is 24.9 Å². The molecule has 1 fully saturated rings. The van der Waals surface area contributed by atoms with Crippen molar-refractivity contribution in [2.24, 2.45) is 5.92 Å². The van der Waals surface area contributed by atoms with Crippen LogP contribution in [0.2, 0.25) is 0 Å². The van der Waals surface area contributed by atoms with Crippen molar-refractivity contribution in [2.45, 2.75) is 31.8 Å². The molecule has 2 aromatic carbocycles. The van der Waals surface area contributed by atoms with Gasteiger partial charge in [0.1, 0.15) is 11.6 Å². The summed E-state index contributed by atoms with van der Waals surface area (Å²) >= 11 is 0. The number of hydrogen-bond acceptors (Lipinski definition) is 7. The lowest BCUT2D eigenvalue weighted by Crippen LogP contribution is -2.27. The van der Waals surface area contributed by atoms with Crippen molar-refractivity contribution in [3.05, 3.63) is 60.2 Å². The number of benzene rings is 2. The van der Waals surface area contributed by atoms with E-state index in [0.29, 0.717) is 42.8 Å². The third-order valence-electron chi connectivity index (χ3n) is 5.15. The van der Waals surface area contributed by atoms with Gasteiger partial charge in [-0.2, -0.15) is 0 Å². The molecule has 4 rings (SSSR count). The van der Waals surface area contributed by atoms with Crippen molar-refractivity contribution < 1.29 is 28.2 Å². The molecule has 10 heteroatoms. The minimum Gasteiger partial charge on any atom is -0.490 e. The van der Waals surface area contributed by atoms with Gasteiger partial charge in [0.15, 0.2) is 0 Å². The molecule has 0 saturated heterocycles. The SMILES string of the molecule is O=C(Nc1ccc(O[C@H]2CC[C@H](C(=O)O)CC2)cc1)c1nnc(Nc2ccc(F)cc2)o1. The number of aliphatic carboxylic acids is 1. The van der Waals surface area contributed by atoms with E-state index in [1.807, 2.05) is 0 Å². The van der Waals surface area contributed by atoms with Crippen molar-refractivity contribution in [1.82, 2.24) is 10.2 Å². The zero-order chi connectivity index (χ0) is 22.5. The molecule has 0 unspecified atom stereocenters. The van der Waals surface area contributed by atoms with Gasteiger partial charge in [0.05, 0.1) is 12.0 Å². The highest BCUT2D eigenvalue weighted by atomic mass is 19.1. The second-order valence-electron chi connectivity index (χ2n) is 7.45. The molecule has 1 aliphatic carbocycles. The van der Waals surface area contributed by atoms with Crippen LogP contribution in [0.3, 0.4) is 0 Å². The summed E-state index contributed by atoms with van der Waals surface area (Å²) in [5.74, 6) is -1.57. The largest absolute Gasteiger partial charge is 0.490 e. The summed E-state index contributed by atoms with van der Waals surface area (Å²) in [7, 11) is 0. The van der Waals surface area contributed by atoms with Gasteiger partial charge in [-0.25, -0.2) is 4.39 Å². The summed E-state index contributed by atoms with van der Waals surface area (Å²) in [6.45, 7) is 0. The van der Waals surface area contributed by atoms with Crippen molar-refractivity contribution in [2.75, 3.05) is 10.6 Å². The average Bonchev–Trinajstić information content (AvgIpc) is 3.26. The van der Waals surface area contributed by atoms with Crippen molar-refractivity contribution >= 4 is 29.3 Å². The molecule has 1 aliphatic rings. The molecule has 3 aromatic rings. The van der Waals surface area contributed by atoms with Crippen molar-refractivity contribution in [1.29, 1.82) is 0 Å². The second kappa shape index (κ2) is 9.46. The lowest BCUT2D eigenvalue weighted by molar-refractivity contribution is -0.143. The molecule has 32 heavy (non-hydrogen) atoms. The number of ether oxygens (including phenoxy) is 1. The average molecular weight is 440 g/mol. The Bertz CT molecular complexity index is 1080. The van der Waals surface area contributed by atoms with Crippen LogP contribution in [0.15, 0.2) is 52.9 Å². The van der Waals surface area contributed by atoms with Crippen LogP contribution in [0, 0.1) is 11.7 Å². The maximum Gasteiger partial charge on any atom is 0.320 e. The van der Waals surface area contributed by atoms with Crippen molar-refractivity contribution in [3.63, 3.8) is 0 Å². The van der Waals surface area contributed by atoms with Gasteiger partial charge >= 0.3 is 23.8 Å². The van der Waals surface area contributed by atoms with Crippen LogP contribution in [0.1, 0.15) is 36.4 Å². The van der Waals surface area contributed by atoms with E-state index < -0.39 is 11.9 Å². The van der Waals surface area contributed by atoms with E-state index in [-0.39, 0.29) is 29.7 Å². The third-order valence-corrected chi connectivity index (χ3v) is 5.15. The van der Waals surface area contributed by atoms with Gasteiger partial charge in [-0.05, 0) is 74.2 Å². The Morgan fingerprint density at radius 1 is 0.969 bits per heavy atom. The molecule has 0 bridgehead atoms. The molecule has 1 aromatic heterocycles. The zero-order valence-corrected chi connectivity index (χ0v) is 17.0. The van der Waals surface area contributed by atoms with Gasteiger partial charge in [-0.3, -0.25) is 9.59 Å². The lowest BCUT2D eigenvalue weighted by atomic mass is 9.87. The Balaban J connectivity index is 1.29. The molecule has 0 atom stereocenters. The lowest BCUT2D eigenvalue weighted by Gasteiger charge is -2.26. The van der Waals surface area contributed by atoms with E-state index >= 15 is 0 Å². The fourth-order valence-electron chi connectivity index (χ4n) is 3.44. The van der Waals surface area contributed by atoms with Crippen LogP contribution in [0.5, 0.6) is 5.75 Å². The van der Waals surface area contributed by atoms with Crippen LogP contribution in [0.4, 0.5) is 21.8 Å². The monoisotopic (exact) mass is 440 g/mol. The molecule has 0 aliphatic heterocycles. The molecular formula is C22H21FN4O5. The molecule has 1 saturated carbocycles. The van der Waals surface area contributed by atoms with E-state index in [1.165, 1.54) is 24.3 Å². The minimum atomic E-state index is -0.747. The Hall–Kier alpha value is -3.95. The number of rotatable bonds is 7. The van der Waals surface area contributed by atoms with Crippen LogP contribution >= 0.6 is 0 Å². The molecule has 9 nitrogen and oxygen atoms in total. The molecule has 3 N–H and O–H groups in total. The Morgan fingerprint density at radius 3 is 2.28 bits per heavy atom. The maximum atomic E-state index is 13.0. The van der Waals surface area contributed by atoms with Gasteiger partial charge in [-0.15, -0.1) is 5.10 Å². The first-order chi connectivity index (χ1) is 15.5. The predicted octanol–water partition coefficient (Wildman–Crippen LogP) is 4.23. The summed E-state index contributed by atoms with van der Waals surface area (Å²) in [4.78, 5) is 23.4. The quantitative estimate of drug-likeness (QED) is 0.498. The van der Waals surface area contributed by atoms with Crippen LogP contribution in [-0.2, 0) is 4.79 Å². The molecule has 1 heterocycles. The van der Waals surface area contributed by atoms with E-state index in [9.17, 15) is 14.0 Å². The van der Waals surface area contributed by atoms with Gasteiger partial charge in [0, 0.05) is 11.4 Å². The van der Waals surface area contributed by atoms with Crippen LogP contribution in [0.25, 0.3) is 0 Å². The van der Waals surface area contributed by atoms with E-state index in [4.69, 9.17) is 14.3 Å². The minimum absolute atomic E-state index is 0.00289.